The Hall–Kier alpha value is -1.67. The molecule has 0 saturated carbocycles. The zero-order chi connectivity index (χ0) is 21.9. The van der Waals surface area contributed by atoms with Crippen molar-refractivity contribution in [3.63, 3.8) is 0 Å². The van der Waals surface area contributed by atoms with E-state index in [2.05, 4.69) is 65.5 Å². The largest absolute Gasteiger partial charge is 0.379 e. The van der Waals surface area contributed by atoms with Gasteiger partial charge in [-0.25, -0.2) is 4.99 Å². The molecular formula is C24H41N5O2. The number of nitrogens with zero attached hydrogens (tertiary/aromatic N) is 3. The molecule has 0 aromatic heterocycles. The Balaban J connectivity index is 1.54. The molecule has 7 heteroatoms. The third-order valence-corrected chi connectivity index (χ3v) is 5.71. The van der Waals surface area contributed by atoms with Crippen LogP contribution < -0.4 is 10.6 Å². The van der Waals surface area contributed by atoms with Gasteiger partial charge in [-0.05, 0) is 24.0 Å². The maximum absolute atomic E-state index is 5.98. The minimum Gasteiger partial charge on any atom is -0.379 e. The second-order valence-corrected chi connectivity index (χ2v) is 8.88. The molecule has 1 unspecified atom stereocenters. The summed E-state index contributed by atoms with van der Waals surface area (Å²) in [7, 11) is 0. The molecule has 1 aromatic carbocycles. The summed E-state index contributed by atoms with van der Waals surface area (Å²) < 4.78 is 11.5. The van der Waals surface area contributed by atoms with E-state index in [-0.39, 0.29) is 6.10 Å². The number of rotatable bonds is 9. The second kappa shape index (κ2) is 13.0. The van der Waals surface area contributed by atoms with Gasteiger partial charge in [0.05, 0.1) is 32.5 Å². The number of benzene rings is 1. The fraction of sp³-hybridized carbons (Fsp3) is 0.708. The number of ether oxygens (including phenoxy) is 2. The number of hydrogen-bond donors (Lipinski definition) is 2. The van der Waals surface area contributed by atoms with Gasteiger partial charge in [-0.15, -0.1) is 0 Å². The molecule has 0 radical (unpaired) electrons. The van der Waals surface area contributed by atoms with Gasteiger partial charge in [0.1, 0.15) is 0 Å². The lowest BCUT2D eigenvalue weighted by atomic mass is 10.1. The first-order valence-electron chi connectivity index (χ1n) is 11.9. The number of guanidine groups is 1. The molecule has 2 heterocycles. The number of morpholine rings is 2. The number of aliphatic imine (C=N–C) groups is 1. The van der Waals surface area contributed by atoms with Crippen LogP contribution in [0.15, 0.2) is 29.3 Å². The van der Waals surface area contributed by atoms with Crippen LogP contribution in [-0.2, 0) is 22.6 Å². The van der Waals surface area contributed by atoms with Gasteiger partial charge in [0.25, 0.3) is 0 Å². The lowest BCUT2D eigenvalue weighted by Gasteiger charge is -2.34. The third kappa shape index (κ3) is 8.41. The summed E-state index contributed by atoms with van der Waals surface area (Å²) in [6, 6.07) is 8.64. The van der Waals surface area contributed by atoms with E-state index in [4.69, 9.17) is 14.5 Å². The number of hydrogen-bond acceptors (Lipinski definition) is 5. The van der Waals surface area contributed by atoms with E-state index in [1.165, 1.54) is 11.1 Å². The highest BCUT2D eigenvalue weighted by atomic mass is 16.5. The van der Waals surface area contributed by atoms with Crippen LogP contribution in [-0.4, -0.2) is 87.5 Å². The van der Waals surface area contributed by atoms with Gasteiger partial charge >= 0.3 is 0 Å². The summed E-state index contributed by atoms with van der Waals surface area (Å²) in [6.07, 6.45) is 0.199. The Kier molecular flexibility index (Phi) is 10.1. The van der Waals surface area contributed by atoms with E-state index >= 15 is 0 Å². The van der Waals surface area contributed by atoms with E-state index in [1.807, 2.05) is 0 Å². The van der Waals surface area contributed by atoms with Crippen molar-refractivity contribution in [2.45, 2.75) is 40.0 Å². The first-order chi connectivity index (χ1) is 15.1. The molecule has 31 heavy (non-hydrogen) atoms. The van der Waals surface area contributed by atoms with E-state index in [0.717, 1.165) is 78.1 Å². The molecule has 2 saturated heterocycles. The highest BCUT2D eigenvalue weighted by Gasteiger charge is 2.21. The smallest absolute Gasteiger partial charge is 0.191 e. The normalized spacial score (nSPS) is 21.4. The van der Waals surface area contributed by atoms with Gasteiger partial charge in [-0.1, -0.05) is 38.1 Å². The number of nitrogens with one attached hydrogen (secondary N) is 2. The SMILES string of the molecule is CCNC(=NCc1ccccc1CN1CCOCC1)NCC1CN(CC(C)C)CCO1. The Morgan fingerprint density at radius 3 is 2.55 bits per heavy atom. The topological polar surface area (TPSA) is 61.4 Å². The maximum atomic E-state index is 5.98. The Morgan fingerprint density at radius 1 is 1.06 bits per heavy atom. The quantitative estimate of drug-likeness (QED) is 0.460. The summed E-state index contributed by atoms with van der Waals surface area (Å²) in [5, 5.41) is 6.88. The molecule has 2 N–H and O–H groups in total. The average Bonchev–Trinajstić information content (AvgIpc) is 2.77. The van der Waals surface area contributed by atoms with Gasteiger partial charge in [0.2, 0.25) is 0 Å². The predicted molar refractivity (Wildman–Crippen MR) is 126 cm³/mol. The summed E-state index contributed by atoms with van der Waals surface area (Å²) in [5.74, 6) is 1.54. The fourth-order valence-corrected chi connectivity index (χ4v) is 4.17. The minimum atomic E-state index is 0.199. The second-order valence-electron chi connectivity index (χ2n) is 8.88. The zero-order valence-electron chi connectivity index (χ0n) is 19.6. The van der Waals surface area contributed by atoms with Gasteiger partial charge < -0.3 is 20.1 Å². The molecule has 2 aliphatic heterocycles. The summed E-state index contributed by atoms with van der Waals surface area (Å²) in [6.45, 7) is 17.5. The molecule has 2 aliphatic rings. The summed E-state index contributed by atoms with van der Waals surface area (Å²) >= 11 is 0. The Bertz CT molecular complexity index is 676. The Labute approximate surface area is 188 Å². The van der Waals surface area contributed by atoms with Crippen molar-refractivity contribution in [3.8, 4) is 0 Å². The van der Waals surface area contributed by atoms with Crippen molar-refractivity contribution in [1.82, 2.24) is 20.4 Å². The third-order valence-electron chi connectivity index (χ3n) is 5.71. The van der Waals surface area contributed by atoms with Crippen molar-refractivity contribution < 1.29 is 9.47 Å². The molecule has 0 aliphatic carbocycles. The van der Waals surface area contributed by atoms with Crippen LogP contribution >= 0.6 is 0 Å². The summed E-state index contributed by atoms with van der Waals surface area (Å²) in [5.41, 5.74) is 2.63. The maximum Gasteiger partial charge on any atom is 0.191 e. The van der Waals surface area contributed by atoms with E-state index in [1.54, 1.807) is 0 Å². The average molecular weight is 432 g/mol. The van der Waals surface area contributed by atoms with Crippen molar-refractivity contribution in [1.29, 1.82) is 0 Å². The first-order valence-corrected chi connectivity index (χ1v) is 11.9. The van der Waals surface area contributed by atoms with Crippen LogP contribution in [0.3, 0.4) is 0 Å². The molecule has 3 rings (SSSR count). The lowest BCUT2D eigenvalue weighted by Crippen LogP contribution is -2.50. The molecule has 2 fully saturated rings. The van der Waals surface area contributed by atoms with Gasteiger partial charge in [-0.3, -0.25) is 9.80 Å². The van der Waals surface area contributed by atoms with E-state index < -0.39 is 0 Å². The van der Waals surface area contributed by atoms with Crippen molar-refractivity contribution in [3.05, 3.63) is 35.4 Å². The Morgan fingerprint density at radius 2 is 1.81 bits per heavy atom. The molecule has 7 nitrogen and oxygen atoms in total. The van der Waals surface area contributed by atoms with Crippen molar-refractivity contribution in [2.24, 2.45) is 10.9 Å². The van der Waals surface area contributed by atoms with Gasteiger partial charge in [0, 0.05) is 52.4 Å². The van der Waals surface area contributed by atoms with Gasteiger partial charge in [-0.2, -0.15) is 0 Å². The van der Waals surface area contributed by atoms with E-state index in [0.29, 0.717) is 12.5 Å². The predicted octanol–water partition coefficient (Wildman–Crippen LogP) is 1.93. The molecule has 1 atom stereocenters. The van der Waals surface area contributed by atoms with Crippen LogP contribution in [0.4, 0.5) is 0 Å². The minimum absolute atomic E-state index is 0.199. The molecule has 0 bridgehead atoms. The van der Waals surface area contributed by atoms with Crippen LogP contribution in [0.5, 0.6) is 0 Å². The standard InChI is InChI=1S/C24H41N5O2/c1-4-25-24(27-16-23-19-29(11-14-31-23)17-20(2)3)26-15-21-7-5-6-8-22(21)18-28-9-12-30-13-10-28/h5-8,20,23H,4,9-19H2,1-3H3,(H2,25,26,27). The van der Waals surface area contributed by atoms with Crippen LogP contribution in [0.1, 0.15) is 31.9 Å². The zero-order valence-corrected chi connectivity index (χ0v) is 19.6. The highest BCUT2D eigenvalue weighted by Crippen LogP contribution is 2.14. The monoisotopic (exact) mass is 431 g/mol. The molecule has 0 amide bonds. The van der Waals surface area contributed by atoms with Crippen molar-refractivity contribution >= 4 is 5.96 Å². The lowest BCUT2D eigenvalue weighted by molar-refractivity contribution is -0.0284. The molecule has 174 valence electrons. The van der Waals surface area contributed by atoms with Gasteiger partial charge in [0.15, 0.2) is 5.96 Å². The van der Waals surface area contributed by atoms with Crippen LogP contribution in [0.25, 0.3) is 0 Å². The van der Waals surface area contributed by atoms with Crippen LogP contribution in [0, 0.1) is 5.92 Å². The summed E-state index contributed by atoms with van der Waals surface area (Å²) in [4.78, 5) is 9.83. The molecular weight excluding hydrogens is 390 g/mol. The highest BCUT2D eigenvalue weighted by molar-refractivity contribution is 5.79. The van der Waals surface area contributed by atoms with Crippen LogP contribution in [0.2, 0.25) is 0 Å². The van der Waals surface area contributed by atoms with E-state index in [9.17, 15) is 0 Å². The molecule has 0 spiro atoms. The fourth-order valence-electron chi connectivity index (χ4n) is 4.17. The first kappa shape index (κ1) is 24.0. The van der Waals surface area contributed by atoms with Crippen molar-refractivity contribution in [2.75, 3.05) is 65.6 Å². The molecule has 1 aromatic rings.